The number of aryl methyl sites for hydroxylation is 1. The topological polar surface area (TPSA) is 38.9 Å². The van der Waals surface area contributed by atoms with Crippen LogP contribution in [0.1, 0.15) is 22.3 Å². The lowest BCUT2D eigenvalue weighted by Crippen LogP contribution is -2.11. The summed E-state index contributed by atoms with van der Waals surface area (Å²) in [5.74, 6) is 0. The first-order chi connectivity index (χ1) is 7.56. The summed E-state index contributed by atoms with van der Waals surface area (Å²) in [4.78, 5) is 4.35. The molecule has 0 bridgehead atoms. The van der Waals surface area contributed by atoms with Crippen molar-refractivity contribution in [1.82, 2.24) is 4.98 Å². The van der Waals surface area contributed by atoms with E-state index in [2.05, 4.69) is 4.98 Å². The van der Waals surface area contributed by atoms with Crippen molar-refractivity contribution in [1.29, 1.82) is 0 Å². The van der Waals surface area contributed by atoms with Crippen LogP contribution in [0.2, 0.25) is 10.0 Å². The molecule has 2 aromatic rings. The third kappa shape index (κ3) is 2.55. The summed E-state index contributed by atoms with van der Waals surface area (Å²) < 4.78 is 0. The molecule has 0 spiro atoms. The fourth-order valence-corrected chi connectivity index (χ4v) is 2.78. The molecule has 0 aliphatic carbocycles. The van der Waals surface area contributed by atoms with Crippen molar-refractivity contribution in [3.8, 4) is 0 Å². The average molecular weight is 273 g/mol. The van der Waals surface area contributed by atoms with E-state index >= 15 is 0 Å². The second kappa shape index (κ2) is 4.72. The van der Waals surface area contributed by atoms with E-state index in [9.17, 15) is 0 Å². The summed E-state index contributed by atoms with van der Waals surface area (Å²) >= 11 is 13.4. The van der Waals surface area contributed by atoms with Crippen molar-refractivity contribution in [2.45, 2.75) is 13.0 Å². The van der Waals surface area contributed by atoms with Gasteiger partial charge in [-0.2, -0.15) is 0 Å². The van der Waals surface area contributed by atoms with Gasteiger partial charge in [0.1, 0.15) is 5.01 Å². The Balaban J connectivity index is 2.37. The molecule has 1 atom stereocenters. The minimum atomic E-state index is -0.269. The van der Waals surface area contributed by atoms with Crippen LogP contribution in [0.4, 0.5) is 0 Å². The van der Waals surface area contributed by atoms with Gasteiger partial charge in [-0.05, 0) is 30.7 Å². The van der Waals surface area contributed by atoms with Crippen LogP contribution in [0.3, 0.4) is 0 Å². The Bertz CT molecular complexity index is 490. The van der Waals surface area contributed by atoms with Crippen LogP contribution in [-0.2, 0) is 0 Å². The lowest BCUT2D eigenvalue weighted by molar-refractivity contribution is 0.852. The van der Waals surface area contributed by atoms with Crippen LogP contribution in [0.5, 0.6) is 0 Å². The molecule has 5 heteroatoms. The predicted molar refractivity (Wildman–Crippen MR) is 69.3 cm³/mol. The Labute approximate surface area is 108 Å². The van der Waals surface area contributed by atoms with Gasteiger partial charge in [0.2, 0.25) is 0 Å². The van der Waals surface area contributed by atoms with E-state index in [0.717, 1.165) is 16.3 Å². The normalized spacial score (nSPS) is 12.8. The standard InChI is InChI=1S/C11H10Cl2N2S/c1-6-5-16-11(15-6)10(14)7-2-8(12)4-9(13)3-7/h2-5,10H,14H2,1H3. The minimum absolute atomic E-state index is 0.269. The van der Waals surface area contributed by atoms with Gasteiger partial charge in [0.15, 0.2) is 0 Å². The molecule has 2 rings (SSSR count). The SMILES string of the molecule is Cc1csc(C(N)c2cc(Cl)cc(Cl)c2)n1. The Morgan fingerprint density at radius 3 is 2.38 bits per heavy atom. The quantitative estimate of drug-likeness (QED) is 0.903. The van der Waals surface area contributed by atoms with E-state index in [1.807, 2.05) is 24.4 Å². The van der Waals surface area contributed by atoms with Crippen molar-refractivity contribution < 1.29 is 0 Å². The first-order valence-electron chi connectivity index (χ1n) is 4.70. The lowest BCUT2D eigenvalue weighted by atomic mass is 10.1. The van der Waals surface area contributed by atoms with Gasteiger partial charge >= 0.3 is 0 Å². The van der Waals surface area contributed by atoms with E-state index < -0.39 is 0 Å². The highest BCUT2D eigenvalue weighted by Crippen LogP contribution is 2.27. The van der Waals surface area contributed by atoms with Crippen LogP contribution < -0.4 is 5.73 Å². The van der Waals surface area contributed by atoms with Gasteiger partial charge in [-0.3, -0.25) is 0 Å². The number of hydrogen-bond acceptors (Lipinski definition) is 3. The summed E-state index contributed by atoms with van der Waals surface area (Å²) in [5.41, 5.74) is 7.95. The minimum Gasteiger partial charge on any atom is -0.318 e. The summed E-state index contributed by atoms with van der Waals surface area (Å²) in [5, 5.41) is 4.02. The number of nitrogens with zero attached hydrogens (tertiary/aromatic N) is 1. The maximum absolute atomic E-state index is 6.10. The number of nitrogens with two attached hydrogens (primary N) is 1. The molecule has 0 amide bonds. The average Bonchev–Trinajstić information content (AvgIpc) is 2.62. The van der Waals surface area contributed by atoms with Gasteiger partial charge in [0.25, 0.3) is 0 Å². The third-order valence-electron chi connectivity index (χ3n) is 2.15. The molecule has 84 valence electrons. The third-order valence-corrected chi connectivity index (χ3v) is 3.63. The Hall–Kier alpha value is -0.610. The highest BCUT2D eigenvalue weighted by atomic mass is 35.5. The second-order valence-electron chi connectivity index (χ2n) is 3.51. The molecular formula is C11H10Cl2N2S. The van der Waals surface area contributed by atoms with E-state index in [4.69, 9.17) is 28.9 Å². The fourth-order valence-electron chi connectivity index (χ4n) is 1.41. The Morgan fingerprint density at radius 1 is 1.25 bits per heavy atom. The Kier molecular flexibility index (Phi) is 3.50. The molecule has 2 N–H and O–H groups in total. The van der Waals surface area contributed by atoms with Gasteiger partial charge in [0, 0.05) is 21.1 Å². The molecule has 0 radical (unpaired) electrons. The number of benzene rings is 1. The molecule has 0 saturated heterocycles. The summed E-state index contributed by atoms with van der Waals surface area (Å²) in [6, 6.07) is 5.05. The largest absolute Gasteiger partial charge is 0.318 e. The van der Waals surface area contributed by atoms with Crippen molar-refractivity contribution in [3.63, 3.8) is 0 Å². The number of halogens is 2. The molecule has 16 heavy (non-hydrogen) atoms. The van der Waals surface area contributed by atoms with Crippen molar-refractivity contribution in [2.75, 3.05) is 0 Å². The molecule has 2 nitrogen and oxygen atoms in total. The molecule has 1 aromatic carbocycles. The highest BCUT2D eigenvalue weighted by Gasteiger charge is 2.13. The van der Waals surface area contributed by atoms with E-state index in [1.54, 1.807) is 17.4 Å². The number of thiazole rings is 1. The van der Waals surface area contributed by atoms with Crippen molar-refractivity contribution >= 4 is 34.5 Å². The number of rotatable bonds is 2. The van der Waals surface area contributed by atoms with Gasteiger partial charge in [0.05, 0.1) is 6.04 Å². The van der Waals surface area contributed by atoms with Gasteiger partial charge in [-0.25, -0.2) is 4.98 Å². The van der Waals surface area contributed by atoms with E-state index in [0.29, 0.717) is 10.0 Å². The Morgan fingerprint density at radius 2 is 1.88 bits per heavy atom. The molecule has 0 aliphatic heterocycles. The summed E-state index contributed by atoms with van der Waals surface area (Å²) in [7, 11) is 0. The maximum Gasteiger partial charge on any atom is 0.114 e. The molecule has 0 saturated carbocycles. The van der Waals surface area contributed by atoms with Crippen LogP contribution in [0.15, 0.2) is 23.6 Å². The van der Waals surface area contributed by atoms with Gasteiger partial charge in [-0.1, -0.05) is 23.2 Å². The molecular weight excluding hydrogens is 263 g/mol. The number of hydrogen-bond donors (Lipinski definition) is 1. The molecule has 1 aromatic heterocycles. The molecule has 1 heterocycles. The summed E-state index contributed by atoms with van der Waals surface area (Å²) in [6.45, 7) is 1.94. The molecule has 1 unspecified atom stereocenters. The monoisotopic (exact) mass is 272 g/mol. The highest BCUT2D eigenvalue weighted by molar-refractivity contribution is 7.09. The smallest absolute Gasteiger partial charge is 0.114 e. The second-order valence-corrected chi connectivity index (χ2v) is 5.27. The first kappa shape index (κ1) is 11.9. The zero-order valence-electron chi connectivity index (χ0n) is 8.58. The van der Waals surface area contributed by atoms with E-state index in [1.165, 1.54) is 0 Å². The zero-order valence-corrected chi connectivity index (χ0v) is 10.9. The van der Waals surface area contributed by atoms with E-state index in [-0.39, 0.29) is 6.04 Å². The van der Waals surface area contributed by atoms with Gasteiger partial charge < -0.3 is 5.73 Å². The van der Waals surface area contributed by atoms with Crippen molar-refractivity contribution in [2.24, 2.45) is 5.73 Å². The van der Waals surface area contributed by atoms with Crippen LogP contribution >= 0.6 is 34.5 Å². The molecule has 0 fully saturated rings. The lowest BCUT2D eigenvalue weighted by Gasteiger charge is -2.09. The number of aromatic nitrogens is 1. The maximum atomic E-state index is 6.10. The predicted octanol–water partition coefficient (Wildman–Crippen LogP) is 3.81. The van der Waals surface area contributed by atoms with Crippen LogP contribution in [0, 0.1) is 6.92 Å². The van der Waals surface area contributed by atoms with Crippen LogP contribution in [-0.4, -0.2) is 4.98 Å². The molecule has 0 aliphatic rings. The first-order valence-corrected chi connectivity index (χ1v) is 6.33. The zero-order chi connectivity index (χ0) is 11.7. The fraction of sp³-hybridized carbons (Fsp3) is 0.182. The van der Waals surface area contributed by atoms with Gasteiger partial charge in [-0.15, -0.1) is 11.3 Å². The van der Waals surface area contributed by atoms with Crippen molar-refractivity contribution in [3.05, 3.63) is 49.9 Å². The van der Waals surface area contributed by atoms with Crippen LogP contribution in [0.25, 0.3) is 0 Å². The summed E-state index contributed by atoms with van der Waals surface area (Å²) in [6.07, 6.45) is 0.